The maximum Gasteiger partial charge on any atom is 0.321 e. The number of amides is 3. The number of nitrogens with zero attached hydrogens (tertiary/aromatic N) is 2. The molecule has 0 fully saturated rings. The molecule has 0 saturated heterocycles. The Morgan fingerprint density at radius 3 is 2.56 bits per heavy atom. The summed E-state index contributed by atoms with van der Waals surface area (Å²) in [5.41, 5.74) is 0. The molecular formula is C8H11ClN4O4S. The van der Waals surface area contributed by atoms with Gasteiger partial charge in [-0.25, -0.2) is 13.2 Å². The number of halogens is 1. The maximum absolute atomic E-state index is 11.6. The fraction of sp³-hybridized carbons (Fsp3) is 0.375. The summed E-state index contributed by atoms with van der Waals surface area (Å²) in [5.74, 6) is -0.629. The van der Waals surface area contributed by atoms with Crippen LogP contribution in [0, 0.1) is 0 Å². The van der Waals surface area contributed by atoms with Gasteiger partial charge in [0.25, 0.3) is 15.0 Å². The second-order valence-corrected chi connectivity index (χ2v) is 5.90. The van der Waals surface area contributed by atoms with Crippen LogP contribution in [0.25, 0.3) is 0 Å². The molecule has 0 aliphatic heterocycles. The maximum atomic E-state index is 11.6. The van der Waals surface area contributed by atoms with Gasteiger partial charge in [0, 0.05) is 23.9 Å². The summed E-state index contributed by atoms with van der Waals surface area (Å²) >= 11 is 0. The van der Waals surface area contributed by atoms with Crippen molar-refractivity contribution in [1.29, 1.82) is 0 Å². The van der Waals surface area contributed by atoms with Crippen molar-refractivity contribution in [2.24, 2.45) is 0 Å². The quantitative estimate of drug-likeness (QED) is 0.752. The Bertz CT molecular complexity index is 567. The highest BCUT2D eigenvalue weighted by atomic mass is 35.7. The van der Waals surface area contributed by atoms with Crippen molar-refractivity contribution in [3.63, 3.8) is 0 Å². The van der Waals surface area contributed by atoms with Crippen LogP contribution < -0.4 is 10.6 Å². The molecule has 1 heterocycles. The highest BCUT2D eigenvalue weighted by Gasteiger charge is 2.20. The van der Waals surface area contributed by atoms with Gasteiger partial charge in [-0.3, -0.25) is 14.8 Å². The number of imide groups is 1. The van der Waals surface area contributed by atoms with E-state index in [2.05, 4.69) is 10.4 Å². The normalized spacial score (nSPS) is 12.8. The molecule has 100 valence electrons. The Morgan fingerprint density at radius 2 is 2.11 bits per heavy atom. The minimum Gasteiger partial charge on any atom is -0.341 e. The van der Waals surface area contributed by atoms with Crippen LogP contribution in [0.1, 0.15) is 13.0 Å². The number of carbonyl (C=O) groups is 2. The number of aromatic nitrogens is 2. The summed E-state index contributed by atoms with van der Waals surface area (Å²) < 4.78 is 23.1. The van der Waals surface area contributed by atoms with E-state index in [1.165, 1.54) is 14.0 Å². The zero-order valence-corrected chi connectivity index (χ0v) is 11.1. The molecule has 8 nitrogen and oxygen atoms in total. The summed E-state index contributed by atoms with van der Waals surface area (Å²) in [6.07, 6.45) is 2.13. The van der Waals surface area contributed by atoms with Crippen molar-refractivity contribution in [2.45, 2.75) is 17.9 Å². The summed E-state index contributed by atoms with van der Waals surface area (Å²) in [6.45, 7) is 1.45. The van der Waals surface area contributed by atoms with Gasteiger partial charge in [-0.05, 0) is 6.92 Å². The Balaban J connectivity index is 2.85. The minimum atomic E-state index is -3.89. The van der Waals surface area contributed by atoms with Crippen LogP contribution in [0.4, 0.5) is 4.79 Å². The number of hydrogen-bond acceptors (Lipinski definition) is 5. The van der Waals surface area contributed by atoms with Crippen LogP contribution in [0.2, 0.25) is 0 Å². The molecule has 0 aliphatic carbocycles. The first-order valence-electron chi connectivity index (χ1n) is 4.77. The van der Waals surface area contributed by atoms with E-state index in [-0.39, 0.29) is 4.90 Å². The van der Waals surface area contributed by atoms with Crippen molar-refractivity contribution >= 4 is 31.7 Å². The SMILES string of the molecule is CNC(=O)NC(=O)C(C)n1cc(S(=O)(=O)Cl)cn1. The molecule has 0 radical (unpaired) electrons. The van der Waals surface area contributed by atoms with E-state index in [1.807, 2.05) is 5.32 Å². The van der Waals surface area contributed by atoms with Gasteiger partial charge in [0.1, 0.15) is 10.9 Å². The van der Waals surface area contributed by atoms with Gasteiger partial charge in [-0.15, -0.1) is 0 Å². The molecular weight excluding hydrogens is 284 g/mol. The van der Waals surface area contributed by atoms with E-state index in [0.717, 1.165) is 17.1 Å². The third-order valence-corrected chi connectivity index (χ3v) is 3.41. The van der Waals surface area contributed by atoms with Crippen molar-refractivity contribution in [1.82, 2.24) is 20.4 Å². The van der Waals surface area contributed by atoms with E-state index in [0.29, 0.717) is 0 Å². The van der Waals surface area contributed by atoms with E-state index >= 15 is 0 Å². The van der Waals surface area contributed by atoms with Crippen LogP contribution in [0.15, 0.2) is 17.3 Å². The lowest BCUT2D eigenvalue weighted by Crippen LogP contribution is -2.40. The first-order chi connectivity index (χ1) is 8.25. The smallest absolute Gasteiger partial charge is 0.321 e. The third kappa shape index (κ3) is 3.44. The van der Waals surface area contributed by atoms with Crippen LogP contribution in [0.3, 0.4) is 0 Å². The third-order valence-electron chi connectivity index (χ3n) is 2.10. The number of hydrogen-bond donors (Lipinski definition) is 2. The zero-order valence-electron chi connectivity index (χ0n) is 9.55. The number of urea groups is 1. The van der Waals surface area contributed by atoms with Gasteiger partial charge < -0.3 is 5.32 Å². The molecule has 3 amide bonds. The van der Waals surface area contributed by atoms with Crippen molar-refractivity contribution in [3.8, 4) is 0 Å². The number of carbonyl (C=O) groups excluding carboxylic acids is 2. The minimum absolute atomic E-state index is 0.219. The first kappa shape index (κ1) is 14.5. The van der Waals surface area contributed by atoms with Gasteiger partial charge in [0.05, 0.1) is 6.20 Å². The molecule has 10 heteroatoms. The Kier molecular flexibility index (Phi) is 4.30. The van der Waals surface area contributed by atoms with Crippen molar-refractivity contribution in [2.75, 3.05) is 7.05 Å². The number of rotatable bonds is 3. The predicted octanol–water partition coefficient (Wildman–Crippen LogP) is -0.173. The van der Waals surface area contributed by atoms with Crippen LogP contribution in [-0.4, -0.2) is 37.2 Å². The second-order valence-electron chi connectivity index (χ2n) is 3.34. The standard InChI is InChI=1S/C8H11ClN4O4S/c1-5(7(14)12-8(15)10-2)13-4-6(3-11-13)18(9,16)17/h3-5H,1-2H3,(H2,10,12,14,15). The van der Waals surface area contributed by atoms with Crippen LogP contribution in [0.5, 0.6) is 0 Å². The molecule has 0 saturated carbocycles. The van der Waals surface area contributed by atoms with Crippen LogP contribution >= 0.6 is 10.7 Å². The largest absolute Gasteiger partial charge is 0.341 e. The number of nitrogens with one attached hydrogen (secondary N) is 2. The molecule has 0 bridgehead atoms. The van der Waals surface area contributed by atoms with Crippen molar-refractivity contribution < 1.29 is 18.0 Å². The lowest BCUT2D eigenvalue weighted by molar-refractivity contribution is -0.123. The van der Waals surface area contributed by atoms with E-state index in [4.69, 9.17) is 10.7 Å². The molecule has 0 aliphatic rings. The molecule has 1 aromatic heterocycles. The zero-order chi connectivity index (χ0) is 13.9. The molecule has 0 spiro atoms. The average molecular weight is 295 g/mol. The fourth-order valence-electron chi connectivity index (χ4n) is 1.06. The Hall–Kier alpha value is -1.61. The predicted molar refractivity (Wildman–Crippen MR) is 62.6 cm³/mol. The molecule has 1 atom stereocenters. The average Bonchev–Trinajstić information content (AvgIpc) is 2.76. The summed E-state index contributed by atoms with van der Waals surface area (Å²) in [6, 6.07) is -1.52. The topological polar surface area (TPSA) is 110 Å². The lowest BCUT2D eigenvalue weighted by atomic mass is 10.3. The molecule has 18 heavy (non-hydrogen) atoms. The lowest BCUT2D eigenvalue weighted by Gasteiger charge is -2.11. The summed E-state index contributed by atoms with van der Waals surface area (Å²) in [5, 5.41) is 7.96. The summed E-state index contributed by atoms with van der Waals surface area (Å²) in [4.78, 5) is 22.3. The van der Waals surface area contributed by atoms with Gasteiger partial charge in [-0.1, -0.05) is 0 Å². The van der Waals surface area contributed by atoms with Gasteiger partial charge in [0.2, 0.25) is 0 Å². The fourth-order valence-corrected chi connectivity index (χ4v) is 1.70. The molecule has 1 rings (SSSR count). The summed E-state index contributed by atoms with van der Waals surface area (Å²) in [7, 11) is 2.59. The Morgan fingerprint density at radius 1 is 1.50 bits per heavy atom. The second kappa shape index (κ2) is 5.36. The highest BCUT2D eigenvalue weighted by molar-refractivity contribution is 8.13. The van der Waals surface area contributed by atoms with Gasteiger partial charge >= 0.3 is 6.03 Å². The Labute approximate surface area is 108 Å². The van der Waals surface area contributed by atoms with E-state index in [9.17, 15) is 18.0 Å². The highest BCUT2D eigenvalue weighted by Crippen LogP contribution is 2.15. The van der Waals surface area contributed by atoms with Gasteiger partial charge in [-0.2, -0.15) is 5.10 Å². The van der Waals surface area contributed by atoms with Crippen LogP contribution in [-0.2, 0) is 13.8 Å². The first-order valence-corrected chi connectivity index (χ1v) is 7.08. The molecule has 1 unspecified atom stereocenters. The van der Waals surface area contributed by atoms with Gasteiger partial charge in [0.15, 0.2) is 0 Å². The molecule has 2 N–H and O–H groups in total. The van der Waals surface area contributed by atoms with E-state index in [1.54, 1.807) is 0 Å². The monoisotopic (exact) mass is 294 g/mol. The molecule has 1 aromatic rings. The van der Waals surface area contributed by atoms with E-state index < -0.39 is 27.0 Å². The molecule has 0 aromatic carbocycles. The van der Waals surface area contributed by atoms with Crippen molar-refractivity contribution in [3.05, 3.63) is 12.4 Å².